The Bertz CT molecular complexity index is 1100. The molecule has 0 saturated carbocycles. The number of nitrogens with zero attached hydrogens (tertiary/aromatic N) is 2. The highest BCUT2D eigenvalue weighted by atomic mass is 32.1. The number of hydrogen-bond donors (Lipinski definition) is 3. The van der Waals surface area contributed by atoms with E-state index in [1.165, 1.54) is 16.8 Å². The highest BCUT2D eigenvalue weighted by molar-refractivity contribution is 7.80. The van der Waals surface area contributed by atoms with Gasteiger partial charge in [-0.15, -0.1) is 0 Å². The Hall–Kier alpha value is -3.33. The highest BCUT2D eigenvalue weighted by Gasteiger charge is 2.16. The Morgan fingerprint density at radius 1 is 1.11 bits per heavy atom. The fraction of sp³-hybridized carbons (Fsp3) is 0.158. The van der Waals surface area contributed by atoms with Gasteiger partial charge in [-0.25, -0.2) is 9.07 Å². The SMILES string of the molecule is CCCn1nc(C(=O)NNC(=S)Nc2ccccc2F)c2ccccc2c1=O. The summed E-state index contributed by atoms with van der Waals surface area (Å²) >= 11 is 5.07. The van der Waals surface area contributed by atoms with Crippen LogP contribution >= 0.6 is 12.2 Å². The number of halogens is 1. The third-order valence-corrected chi connectivity index (χ3v) is 4.13. The first-order valence-electron chi connectivity index (χ1n) is 8.63. The van der Waals surface area contributed by atoms with Crippen molar-refractivity contribution < 1.29 is 9.18 Å². The number of benzene rings is 2. The molecule has 1 heterocycles. The van der Waals surface area contributed by atoms with Crippen molar-refractivity contribution in [1.29, 1.82) is 0 Å². The first-order chi connectivity index (χ1) is 13.5. The normalized spacial score (nSPS) is 10.5. The van der Waals surface area contributed by atoms with E-state index >= 15 is 0 Å². The van der Waals surface area contributed by atoms with Crippen LogP contribution in [0.3, 0.4) is 0 Å². The number of carbonyl (C=O) groups excluding carboxylic acids is 1. The minimum atomic E-state index is -0.571. The molecule has 28 heavy (non-hydrogen) atoms. The van der Waals surface area contributed by atoms with Crippen LogP contribution in [0.1, 0.15) is 23.8 Å². The zero-order valence-corrected chi connectivity index (χ0v) is 15.8. The van der Waals surface area contributed by atoms with E-state index in [2.05, 4.69) is 21.3 Å². The van der Waals surface area contributed by atoms with E-state index in [4.69, 9.17) is 12.2 Å². The van der Waals surface area contributed by atoms with Crippen LogP contribution in [-0.4, -0.2) is 20.8 Å². The van der Waals surface area contributed by atoms with Crippen LogP contribution < -0.4 is 21.7 Å². The van der Waals surface area contributed by atoms with Gasteiger partial charge in [0.2, 0.25) is 0 Å². The van der Waals surface area contributed by atoms with E-state index in [9.17, 15) is 14.0 Å². The van der Waals surface area contributed by atoms with Crippen molar-refractivity contribution in [3.05, 3.63) is 70.4 Å². The molecule has 0 aliphatic heterocycles. The monoisotopic (exact) mass is 399 g/mol. The maximum absolute atomic E-state index is 13.7. The molecule has 0 saturated heterocycles. The summed E-state index contributed by atoms with van der Waals surface area (Å²) in [4.78, 5) is 25.1. The van der Waals surface area contributed by atoms with Crippen LogP contribution in [0.4, 0.5) is 10.1 Å². The van der Waals surface area contributed by atoms with Crippen LogP contribution in [0.25, 0.3) is 10.8 Å². The van der Waals surface area contributed by atoms with Crippen LogP contribution in [-0.2, 0) is 6.54 Å². The molecule has 3 aromatic rings. The van der Waals surface area contributed by atoms with Gasteiger partial charge in [0.25, 0.3) is 11.5 Å². The van der Waals surface area contributed by atoms with Crippen molar-refractivity contribution in [2.24, 2.45) is 0 Å². The van der Waals surface area contributed by atoms with Gasteiger partial charge in [-0.3, -0.25) is 20.4 Å². The average Bonchev–Trinajstić information content (AvgIpc) is 2.70. The standard InChI is InChI=1S/C19H18FN5O2S/c1-2-11-25-18(27)13-8-4-3-7-12(13)16(24-25)17(26)22-23-19(28)21-15-10-6-5-9-14(15)20/h3-10H,2,11H2,1H3,(H,22,26)(H2,21,23,28). The summed E-state index contributed by atoms with van der Waals surface area (Å²) in [7, 11) is 0. The molecular weight excluding hydrogens is 381 g/mol. The Labute approximate surface area is 165 Å². The first-order valence-corrected chi connectivity index (χ1v) is 9.03. The molecular formula is C19H18FN5O2S. The molecule has 0 unspecified atom stereocenters. The summed E-state index contributed by atoms with van der Waals surface area (Å²) < 4.78 is 14.9. The quantitative estimate of drug-likeness (QED) is 0.462. The van der Waals surface area contributed by atoms with Crippen molar-refractivity contribution >= 4 is 39.7 Å². The summed E-state index contributed by atoms with van der Waals surface area (Å²) in [5.74, 6) is -1.05. The fourth-order valence-corrected chi connectivity index (χ4v) is 2.82. The maximum atomic E-state index is 13.7. The van der Waals surface area contributed by atoms with E-state index in [1.807, 2.05) is 6.92 Å². The highest BCUT2D eigenvalue weighted by Crippen LogP contribution is 2.14. The lowest BCUT2D eigenvalue weighted by atomic mass is 10.1. The average molecular weight is 399 g/mol. The molecule has 2 aromatic carbocycles. The third kappa shape index (κ3) is 4.15. The lowest BCUT2D eigenvalue weighted by Gasteiger charge is -2.13. The van der Waals surface area contributed by atoms with E-state index in [-0.39, 0.29) is 22.1 Å². The molecule has 1 amide bonds. The number of amides is 1. The van der Waals surface area contributed by atoms with Crippen molar-refractivity contribution in [2.75, 3.05) is 5.32 Å². The van der Waals surface area contributed by atoms with Gasteiger partial charge in [-0.1, -0.05) is 37.3 Å². The summed E-state index contributed by atoms with van der Waals surface area (Å²) in [6.07, 6.45) is 0.696. The van der Waals surface area contributed by atoms with Crippen molar-refractivity contribution in [3.63, 3.8) is 0 Å². The topological polar surface area (TPSA) is 88.1 Å². The molecule has 3 N–H and O–H groups in total. The largest absolute Gasteiger partial charge is 0.329 e. The number of aromatic nitrogens is 2. The number of thiocarbonyl (C=S) groups is 1. The summed E-state index contributed by atoms with van der Waals surface area (Å²) in [6, 6.07) is 12.8. The van der Waals surface area contributed by atoms with Crippen LogP contribution in [0.5, 0.6) is 0 Å². The number of aryl methyl sites for hydroxylation is 1. The lowest BCUT2D eigenvalue weighted by molar-refractivity contribution is 0.0938. The van der Waals surface area contributed by atoms with E-state index in [1.54, 1.807) is 36.4 Å². The second-order valence-corrected chi connectivity index (χ2v) is 6.34. The number of fused-ring (bicyclic) bond motifs is 1. The van der Waals surface area contributed by atoms with Crippen LogP contribution in [0.2, 0.25) is 0 Å². The second-order valence-electron chi connectivity index (χ2n) is 5.94. The molecule has 9 heteroatoms. The lowest BCUT2D eigenvalue weighted by Crippen LogP contribution is -2.44. The second kappa shape index (κ2) is 8.57. The van der Waals surface area contributed by atoms with Gasteiger partial charge in [0.1, 0.15) is 5.82 Å². The predicted molar refractivity (Wildman–Crippen MR) is 110 cm³/mol. The van der Waals surface area contributed by atoms with Gasteiger partial charge < -0.3 is 5.32 Å². The molecule has 7 nitrogen and oxygen atoms in total. The molecule has 0 fully saturated rings. The molecule has 3 rings (SSSR count). The van der Waals surface area contributed by atoms with Crippen molar-refractivity contribution in [3.8, 4) is 0 Å². The Morgan fingerprint density at radius 2 is 1.79 bits per heavy atom. The number of nitrogens with one attached hydrogen (secondary N) is 3. The Morgan fingerprint density at radius 3 is 2.50 bits per heavy atom. The first kappa shape index (κ1) is 19.4. The third-order valence-electron chi connectivity index (χ3n) is 3.93. The molecule has 0 aliphatic carbocycles. The summed E-state index contributed by atoms with van der Waals surface area (Å²) in [5.41, 5.74) is 4.95. The molecule has 1 aromatic heterocycles. The fourth-order valence-electron chi connectivity index (χ4n) is 2.66. The van der Waals surface area contributed by atoms with E-state index in [0.29, 0.717) is 23.7 Å². The zero-order valence-electron chi connectivity index (χ0n) is 15.0. The molecule has 144 valence electrons. The number of carbonyl (C=O) groups is 1. The van der Waals surface area contributed by atoms with Gasteiger partial charge in [0, 0.05) is 11.9 Å². The van der Waals surface area contributed by atoms with E-state index in [0.717, 1.165) is 0 Å². The Kier molecular flexibility index (Phi) is 5.95. The van der Waals surface area contributed by atoms with Gasteiger partial charge in [-0.2, -0.15) is 5.10 Å². The van der Waals surface area contributed by atoms with Crippen molar-refractivity contribution in [1.82, 2.24) is 20.6 Å². The number of para-hydroxylation sites is 1. The van der Waals surface area contributed by atoms with Crippen molar-refractivity contribution in [2.45, 2.75) is 19.9 Å². The number of rotatable bonds is 4. The van der Waals surface area contributed by atoms with Gasteiger partial charge >= 0.3 is 0 Å². The van der Waals surface area contributed by atoms with Gasteiger partial charge in [0.05, 0.1) is 11.1 Å². The summed E-state index contributed by atoms with van der Waals surface area (Å²) in [6.45, 7) is 2.31. The molecule has 0 spiro atoms. The molecule has 0 radical (unpaired) electrons. The molecule has 0 bridgehead atoms. The molecule has 0 atom stereocenters. The molecule has 0 aliphatic rings. The minimum Gasteiger partial charge on any atom is -0.329 e. The number of anilines is 1. The van der Waals surface area contributed by atoms with Gasteiger partial charge in [-0.05, 0) is 36.8 Å². The smallest absolute Gasteiger partial charge is 0.290 e. The number of hydrazine groups is 1. The Balaban J connectivity index is 1.80. The number of hydrogen-bond acceptors (Lipinski definition) is 4. The zero-order chi connectivity index (χ0) is 20.1. The van der Waals surface area contributed by atoms with Gasteiger partial charge in [0.15, 0.2) is 10.8 Å². The van der Waals surface area contributed by atoms with Crippen LogP contribution in [0.15, 0.2) is 53.3 Å². The van der Waals surface area contributed by atoms with Crippen LogP contribution in [0, 0.1) is 5.82 Å². The summed E-state index contributed by atoms with van der Waals surface area (Å²) in [5, 5.41) is 7.69. The predicted octanol–water partition coefficient (Wildman–Crippen LogP) is 2.58. The van der Waals surface area contributed by atoms with E-state index < -0.39 is 11.7 Å². The maximum Gasteiger partial charge on any atom is 0.290 e. The minimum absolute atomic E-state index is 0.00429.